The molecule has 5 nitrogen and oxygen atoms in total. The number of benzene rings is 1. The zero-order valence-electron chi connectivity index (χ0n) is 13.6. The van der Waals surface area contributed by atoms with Crippen molar-refractivity contribution in [3.8, 4) is 0 Å². The number of aryl methyl sites for hydroxylation is 2. The van der Waals surface area contributed by atoms with Gasteiger partial charge in [0.15, 0.2) is 15.6 Å². The number of aromatic nitrogens is 2. The largest absolute Gasteiger partial charge is 0.295 e. The number of ketones is 1. The second-order valence-corrected chi connectivity index (χ2v) is 6.73. The highest BCUT2D eigenvalue weighted by atomic mass is 32.2. The molecule has 0 radical (unpaired) electrons. The third-order valence-electron chi connectivity index (χ3n) is 3.02. The molecule has 0 fully saturated rings. The predicted molar refractivity (Wildman–Crippen MR) is 86.6 cm³/mol. The van der Waals surface area contributed by atoms with Gasteiger partial charge >= 0.3 is 0 Å². The van der Waals surface area contributed by atoms with Gasteiger partial charge in [-0.1, -0.05) is 19.9 Å². The van der Waals surface area contributed by atoms with Crippen LogP contribution in [0.15, 0.2) is 35.4 Å². The van der Waals surface area contributed by atoms with E-state index >= 15 is 0 Å². The quantitative estimate of drug-likeness (QED) is 0.812. The Morgan fingerprint density at radius 3 is 2.32 bits per heavy atom. The molecule has 0 aliphatic rings. The molecule has 0 saturated carbocycles. The molecule has 2 rings (SSSR count). The summed E-state index contributed by atoms with van der Waals surface area (Å²) in [7, 11) is -1.72. The van der Waals surface area contributed by atoms with Gasteiger partial charge in [0, 0.05) is 18.8 Å². The van der Waals surface area contributed by atoms with Crippen molar-refractivity contribution in [3.63, 3.8) is 0 Å². The SMILES string of the molecule is CC.CC(=O)c1ccc(S(=O)(=O)Cc2ccn(C)n2)c(C)c1. The number of rotatable bonds is 4. The average molecular weight is 322 g/mol. The summed E-state index contributed by atoms with van der Waals surface area (Å²) in [5, 5.41) is 4.08. The van der Waals surface area contributed by atoms with E-state index in [9.17, 15) is 13.2 Å². The highest BCUT2D eigenvalue weighted by Gasteiger charge is 2.19. The molecule has 22 heavy (non-hydrogen) atoms. The van der Waals surface area contributed by atoms with E-state index in [0.717, 1.165) is 0 Å². The molecule has 0 amide bonds. The molecule has 120 valence electrons. The van der Waals surface area contributed by atoms with E-state index in [1.165, 1.54) is 13.0 Å². The molecule has 0 atom stereocenters. The Morgan fingerprint density at radius 1 is 1.23 bits per heavy atom. The molecule has 0 N–H and O–H groups in total. The van der Waals surface area contributed by atoms with Gasteiger partial charge in [-0.25, -0.2) is 8.42 Å². The van der Waals surface area contributed by atoms with Crippen molar-refractivity contribution in [1.29, 1.82) is 0 Å². The third-order valence-corrected chi connectivity index (χ3v) is 4.83. The molecule has 0 aliphatic heterocycles. The van der Waals surface area contributed by atoms with Gasteiger partial charge in [-0.3, -0.25) is 9.48 Å². The second kappa shape index (κ2) is 7.35. The molecule has 1 aromatic heterocycles. The molecule has 0 unspecified atom stereocenters. The summed E-state index contributed by atoms with van der Waals surface area (Å²) < 4.78 is 26.3. The van der Waals surface area contributed by atoms with Crippen molar-refractivity contribution < 1.29 is 13.2 Å². The number of carbonyl (C=O) groups is 1. The molecular weight excluding hydrogens is 300 g/mol. The summed E-state index contributed by atoms with van der Waals surface area (Å²) in [6, 6.07) is 6.31. The first-order valence-electron chi connectivity index (χ1n) is 7.12. The topological polar surface area (TPSA) is 69.0 Å². The van der Waals surface area contributed by atoms with Crippen LogP contribution >= 0.6 is 0 Å². The summed E-state index contributed by atoms with van der Waals surface area (Å²) in [4.78, 5) is 11.5. The molecule has 1 aromatic carbocycles. The van der Waals surface area contributed by atoms with Crippen molar-refractivity contribution in [1.82, 2.24) is 9.78 Å². The molecule has 0 saturated heterocycles. The Morgan fingerprint density at radius 2 is 1.86 bits per heavy atom. The Balaban J connectivity index is 0.00000116. The molecule has 1 heterocycles. The van der Waals surface area contributed by atoms with Crippen LogP contribution in [0.5, 0.6) is 0 Å². The smallest absolute Gasteiger partial charge is 0.184 e. The van der Waals surface area contributed by atoms with Crippen molar-refractivity contribution in [2.45, 2.75) is 38.3 Å². The van der Waals surface area contributed by atoms with Crippen LogP contribution < -0.4 is 0 Å². The fraction of sp³-hybridized carbons (Fsp3) is 0.375. The first-order chi connectivity index (χ1) is 10.3. The van der Waals surface area contributed by atoms with Crippen molar-refractivity contribution in [2.75, 3.05) is 0 Å². The number of nitrogens with zero attached hydrogens (tertiary/aromatic N) is 2. The zero-order chi connectivity index (χ0) is 16.9. The molecular formula is C16H22N2O3S. The van der Waals surface area contributed by atoms with Gasteiger partial charge in [-0.05, 0) is 37.6 Å². The minimum absolute atomic E-state index is 0.0817. The first kappa shape index (κ1) is 18.1. The summed E-state index contributed by atoms with van der Waals surface area (Å²) in [5.41, 5.74) is 1.59. The number of hydrogen-bond donors (Lipinski definition) is 0. The third kappa shape index (κ3) is 4.27. The first-order valence-corrected chi connectivity index (χ1v) is 8.78. The van der Waals surface area contributed by atoms with Crippen LogP contribution in [-0.4, -0.2) is 24.0 Å². The Bertz CT molecular complexity index is 761. The van der Waals surface area contributed by atoms with Gasteiger partial charge < -0.3 is 0 Å². The predicted octanol–water partition coefficient (Wildman–Crippen LogP) is 2.93. The molecule has 0 aliphatic carbocycles. The van der Waals surface area contributed by atoms with Gasteiger partial charge in [0.2, 0.25) is 0 Å². The summed E-state index contributed by atoms with van der Waals surface area (Å²) >= 11 is 0. The number of hydrogen-bond acceptors (Lipinski definition) is 4. The number of carbonyl (C=O) groups excluding carboxylic acids is 1. The molecule has 2 aromatic rings. The van der Waals surface area contributed by atoms with E-state index in [1.807, 2.05) is 13.8 Å². The maximum absolute atomic E-state index is 12.4. The van der Waals surface area contributed by atoms with E-state index in [1.54, 1.807) is 43.0 Å². The molecule has 0 bridgehead atoms. The lowest BCUT2D eigenvalue weighted by molar-refractivity contribution is 0.101. The molecule has 0 spiro atoms. The van der Waals surface area contributed by atoms with Crippen molar-refractivity contribution in [2.24, 2.45) is 7.05 Å². The second-order valence-electron chi connectivity index (χ2n) is 4.78. The van der Waals surface area contributed by atoms with Crippen LogP contribution in [0.2, 0.25) is 0 Å². The van der Waals surface area contributed by atoms with Gasteiger partial charge in [0.05, 0.1) is 16.3 Å². The zero-order valence-corrected chi connectivity index (χ0v) is 14.4. The summed E-state index contributed by atoms with van der Waals surface area (Å²) in [6.07, 6.45) is 1.70. The summed E-state index contributed by atoms with van der Waals surface area (Å²) in [5.74, 6) is -0.226. The van der Waals surface area contributed by atoms with Crippen LogP contribution in [0.1, 0.15) is 42.4 Å². The van der Waals surface area contributed by atoms with Gasteiger partial charge in [0.1, 0.15) is 0 Å². The van der Waals surface area contributed by atoms with Crippen LogP contribution in [0.3, 0.4) is 0 Å². The summed E-state index contributed by atoms with van der Waals surface area (Å²) in [6.45, 7) is 7.15. The monoisotopic (exact) mass is 322 g/mol. The lowest BCUT2D eigenvalue weighted by Gasteiger charge is -2.07. The maximum atomic E-state index is 12.4. The van der Waals surface area contributed by atoms with Crippen LogP contribution in [0.25, 0.3) is 0 Å². The normalized spacial score (nSPS) is 10.8. The van der Waals surface area contributed by atoms with E-state index in [0.29, 0.717) is 16.8 Å². The van der Waals surface area contributed by atoms with Gasteiger partial charge in [-0.15, -0.1) is 0 Å². The standard InChI is InChI=1S/C14H16N2O3S.C2H6/c1-10-8-12(11(2)17)4-5-14(10)20(18,19)9-13-6-7-16(3)15-13;1-2/h4-8H,9H2,1-3H3;1-2H3. The molecule has 6 heteroatoms. The van der Waals surface area contributed by atoms with Gasteiger partial charge in [-0.2, -0.15) is 5.10 Å². The number of sulfone groups is 1. The highest BCUT2D eigenvalue weighted by Crippen LogP contribution is 2.21. The van der Waals surface area contributed by atoms with Gasteiger partial charge in [0.25, 0.3) is 0 Å². The Kier molecular flexibility index (Phi) is 6.05. The average Bonchev–Trinajstić information content (AvgIpc) is 2.85. The highest BCUT2D eigenvalue weighted by molar-refractivity contribution is 7.90. The van der Waals surface area contributed by atoms with E-state index in [4.69, 9.17) is 0 Å². The Labute approximate surface area is 131 Å². The van der Waals surface area contributed by atoms with E-state index in [2.05, 4.69) is 5.10 Å². The van der Waals surface area contributed by atoms with E-state index in [-0.39, 0.29) is 16.4 Å². The van der Waals surface area contributed by atoms with E-state index < -0.39 is 9.84 Å². The minimum Gasteiger partial charge on any atom is -0.295 e. The van der Waals surface area contributed by atoms with Crippen LogP contribution in [0, 0.1) is 6.92 Å². The minimum atomic E-state index is -3.46. The Hall–Kier alpha value is -1.95. The lowest BCUT2D eigenvalue weighted by atomic mass is 10.1. The van der Waals surface area contributed by atoms with Crippen molar-refractivity contribution in [3.05, 3.63) is 47.3 Å². The van der Waals surface area contributed by atoms with Crippen LogP contribution in [0.4, 0.5) is 0 Å². The maximum Gasteiger partial charge on any atom is 0.184 e. The fourth-order valence-electron chi connectivity index (χ4n) is 2.03. The fourth-order valence-corrected chi connectivity index (χ4v) is 3.55. The van der Waals surface area contributed by atoms with Crippen molar-refractivity contribution >= 4 is 15.6 Å². The number of Topliss-reactive ketones (excluding diaryl/α,β-unsaturated/α-hetero) is 1. The lowest BCUT2D eigenvalue weighted by Crippen LogP contribution is -2.08. The van der Waals surface area contributed by atoms with Crippen LogP contribution in [-0.2, 0) is 22.6 Å².